The second-order valence-corrected chi connectivity index (χ2v) is 7.32. The SMILES string of the molecule is CCc1cc(C)ccc1C1(C2=NC(C)(C)CO2)CCCC1. The topological polar surface area (TPSA) is 21.6 Å². The zero-order valence-corrected chi connectivity index (χ0v) is 13.8. The van der Waals surface area contributed by atoms with Gasteiger partial charge in [0.05, 0.1) is 11.0 Å². The summed E-state index contributed by atoms with van der Waals surface area (Å²) in [5, 5.41) is 0. The minimum absolute atomic E-state index is 0.0345. The molecule has 21 heavy (non-hydrogen) atoms. The van der Waals surface area contributed by atoms with E-state index in [2.05, 4.69) is 45.9 Å². The highest BCUT2D eigenvalue weighted by molar-refractivity contribution is 5.90. The van der Waals surface area contributed by atoms with Crippen LogP contribution in [0.3, 0.4) is 0 Å². The van der Waals surface area contributed by atoms with Crippen molar-refractivity contribution in [3.63, 3.8) is 0 Å². The predicted molar refractivity (Wildman–Crippen MR) is 88.2 cm³/mol. The lowest BCUT2D eigenvalue weighted by atomic mass is 9.75. The molecule has 2 aliphatic rings. The van der Waals surface area contributed by atoms with Gasteiger partial charge in [0.1, 0.15) is 6.61 Å². The first-order chi connectivity index (χ1) is 9.97. The summed E-state index contributed by atoms with van der Waals surface area (Å²) in [4.78, 5) is 4.94. The maximum absolute atomic E-state index is 6.09. The molecule has 0 radical (unpaired) electrons. The molecule has 1 heterocycles. The molecule has 0 atom stereocenters. The third kappa shape index (κ3) is 2.49. The maximum atomic E-state index is 6.09. The molecule has 2 heteroatoms. The standard InChI is InChI=1S/C19H27NO/c1-5-15-12-14(2)8-9-16(15)19(10-6-7-11-19)17-20-18(3,4)13-21-17/h8-9,12H,5-7,10-11,13H2,1-4H3. The van der Waals surface area contributed by atoms with E-state index in [1.54, 1.807) is 0 Å². The lowest BCUT2D eigenvalue weighted by Gasteiger charge is -2.31. The second-order valence-electron chi connectivity index (χ2n) is 7.32. The van der Waals surface area contributed by atoms with Gasteiger partial charge in [-0.3, -0.25) is 0 Å². The van der Waals surface area contributed by atoms with E-state index in [0.717, 1.165) is 18.9 Å². The summed E-state index contributed by atoms with van der Waals surface area (Å²) >= 11 is 0. The number of aliphatic imine (C=N–C) groups is 1. The Kier molecular flexibility index (Phi) is 3.59. The smallest absolute Gasteiger partial charge is 0.194 e. The Hall–Kier alpha value is -1.31. The molecule has 1 aliphatic carbocycles. The first-order valence-corrected chi connectivity index (χ1v) is 8.30. The predicted octanol–water partition coefficient (Wildman–Crippen LogP) is 4.58. The van der Waals surface area contributed by atoms with Gasteiger partial charge < -0.3 is 4.74 Å². The van der Waals surface area contributed by atoms with Gasteiger partial charge in [0, 0.05) is 0 Å². The average molecular weight is 285 g/mol. The molecule has 2 nitrogen and oxygen atoms in total. The third-order valence-electron chi connectivity index (χ3n) is 4.99. The second kappa shape index (κ2) is 5.15. The third-order valence-corrected chi connectivity index (χ3v) is 4.99. The molecule has 1 fully saturated rings. The van der Waals surface area contributed by atoms with Gasteiger partial charge in [-0.2, -0.15) is 0 Å². The fourth-order valence-electron chi connectivity index (χ4n) is 3.89. The van der Waals surface area contributed by atoms with Gasteiger partial charge in [-0.05, 0) is 51.2 Å². The Labute approximate surface area is 128 Å². The fraction of sp³-hybridized carbons (Fsp3) is 0.632. The molecule has 114 valence electrons. The van der Waals surface area contributed by atoms with E-state index < -0.39 is 0 Å². The molecule has 0 bridgehead atoms. The van der Waals surface area contributed by atoms with Crippen molar-refractivity contribution < 1.29 is 4.74 Å². The van der Waals surface area contributed by atoms with Gasteiger partial charge in [-0.15, -0.1) is 0 Å². The Bertz CT molecular complexity index is 565. The van der Waals surface area contributed by atoms with Gasteiger partial charge in [-0.25, -0.2) is 4.99 Å². The fourth-order valence-corrected chi connectivity index (χ4v) is 3.89. The number of rotatable bonds is 3. The number of ether oxygens (including phenoxy) is 1. The molecule has 1 aromatic rings. The van der Waals surface area contributed by atoms with Gasteiger partial charge in [0.2, 0.25) is 0 Å². The van der Waals surface area contributed by atoms with Crippen LogP contribution in [0.15, 0.2) is 23.2 Å². The average Bonchev–Trinajstić information content (AvgIpc) is 3.06. The Morgan fingerprint density at radius 3 is 2.48 bits per heavy atom. The van der Waals surface area contributed by atoms with Crippen LogP contribution in [0.2, 0.25) is 0 Å². The van der Waals surface area contributed by atoms with E-state index in [9.17, 15) is 0 Å². The summed E-state index contributed by atoms with van der Waals surface area (Å²) in [5.41, 5.74) is 4.24. The van der Waals surface area contributed by atoms with Crippen molar-refractivity contribution in [2.45, 2.75) is 70.8 Å². The van der Waals surface area contributed by atoms with Crippen molar-refractivity contribution in [1.82, 2.24) is 0 Å². The van der Waals surface area contributed by atoms with E-state index in [-0.39, 0.29) is 11.0 Å². The molecule has 1 saturated carbocycles. The molecule has 0 aromatic heterocycles. The highest BCUT2D eigenvalue weighted by Crippen LogP contribution is 2.46. The quantitative estimate of drug-likeness (QED) is 0.796. The van der Waals surface area contributed by atoms with Crippen LogP contribution in [-0.2, 0) is 16.6 Å². The minimum atomic E-state index is -0.0675. The van der Waals surface area contributed by atoms with Crippen molar-refractivity contribution in [3.8, 4) is 0 Å². The summed E-state index contributed by atoms with van der Waals surface area (Å²) in [5.74, 6) is 1.00. The largest absolute Gasteiger partial charge is 0.478 e. The number of hydrogen-bond donors (Lipinski definition) is 0. The van der Waals surface area contributed by atoms with E-state index in [1.165, 1.54) is 42.4 Å². The first-order valence-electron chi connectivity index (χ1n) is 8.30. The van der Waals surface area contributed by atoms with Crippen molar-refractivity contribution >= 4 is 5.90 Å². The molecule has 0 saturated heterocycles. The van der Waals surface area contributed by atoms with Crippen LogP contribution in [-0.4, -0.2) is 18.0 Å². The lowest BCUT2D eigenvalue weighted by molar-refractivity contribution is 0.258. The number of benzene rings is 1. The van der Waals surface area contributed by atoms with Crippen LogP contribution in [0.1, 0.15) is 63.1 Å². The molecule has 0 unspecified atom stereocenters. The van der Waals surface area contributed by atoms with Crippen molar-refractivity contribution in [2.24, 2.45) is 4.99 Å². The number of aryl methyl sites for hydroxylation is 2. The van der Waals surface area contributed by atoms with Crippen molar-refractivity contribution in [1.29, 1.82) is 0 Å². The normalized spacial score (nSPS) is 23.0. The molecule has 1 aromatic carbocycles. The zero-order chi connectivity index (χ0) is 15.1. The van der Waals surface area contributed by atoms with Crippen LogP contribution in [0.5, 0.6) is 0 Å². The van der Waals surface area contributed by atoms with Crippen LogP contribution in [0.25, 0.3) is 0 Å². The van der Waals surface area contributed by atoms with E-state index in [4.69, 9.17) is 9.73 Å². The summed E-state index contributed by atoms with van der Waals surface area (Å²) in [6, 6.07) is 6.92. The number of hydrogen-bond acceptors (Lipinski definition) is 2. The van der Waals surface area contributed by atoms with Crippen molar-refractivity contribution in [2.75, 3.05) is 6.61 Å². The maximum Gasteiger partial charge on any atom is 0.194 e. The van der Waals surface area contributed by atoms with Crippen LogP contribution in [0.4, 0.5) is 0 Å². The highest BCUT2D eigenvalue weighted by Gasteiger charge is 2.46. The molecule has 1 aliphatic heterocycles. The Balaban J connectivity index is 2.11. The summed E-state index contributed by atoms with van der Waals surface area (Å²) in [7, 11) is 0. The van der Waals surface area contributed by atoms with Crippen molar-refractivity contribution in [3.05, 3.63) is 34.9 Å². The van der Waals surface area contributed by atoms with Crippen LogP contribution < -0.4 is 0 Å². The van der Waals surface area contributed by atoms with E-state index >= 15 is 0 Å². The van der Waals surface area contributed by atoms with E-state index in [1.807, 2.05) is 0 Å². The van der Waals surface area contributed by atoms with Crippen LogP contribution in [0, 0.1) is 6.92 Å². The first kappa shape index (κ1) is 14.6. The van der Waals surface area contributed by atoms with Gasteiger partial charge in [0.25, 0.3) is 0 Å². The zero-order valence-electron chi connectivity index (χ0n) is 13.8. The highest BCUT2D eigenvalue weighted by atomic mass is 16.5. The van der Waals surface area contributed by atoms with Gasteiger partial charge in [-0.1, -0.05) is 43.5 Å². The molecule has 0 amide bonds. The van der Waals surface area contributed by atoms with Gasteiger partial charge in [0.15, 0.2) is 5.90 Å². The summed E-state index contributed by atoms with van der Waals surface area (Å²) in [6.45, 7) is 9.48. The molecule has 0 N–H and O–H groups in total. The summed E-state index contributed by atoms with van der Waals surface area (Å²) < 4.78 is 6.09. The summed E-state index contributed by atoms with van der Waals surface area (Å²) in [6.07, 6.45) is 5.99. The molecular formula is C19H27NO. The Morgan fingerprint density at radius 2 is 1.90 bits per heavy atom. The lowest BCUT2D eigenvalue weighted by Crippen LogP contribution is -2.34. The Morgan fingerprint density at radius 1 is 1.19 bits per heavy atom. The van der Waals surface area contributed by atoms with E-state index in [0.29, 0.717) is 0 Å². The monoisotopic (exact) mass is 285 g/mol. The minimum Gasteiger partial charge on any atom is -0.478 e. The number of nitrogens with zero attached hydrogens (tertiary/aromatic N) is 1. The molecule has 0 spiro atoms. The van der Waals surface area contributed by atoms with Gasteiger partial charge >= 0.3 is 0 Å². The molecular weight excluding hydrogens is 258 g/mol. The molecule has 3 rings (SSSR count). The van der Waals surface area contributed by atoms with Crippen LogP contribution >= 0.6 is 0 Å².